The molecule has 2 heterocycles. The summed E-state index contributed by atoms with van der Waals surface area (Å²) < 4.78 is 1.51. The van der Waals surface area contributed by atoms with Gasteiger partial charge in [-0.2, -0.15) is 0 Å². The summed E-state index contributed by atoms with van der Waals surface area (Å²) in [5, 5.41) is 20.1. The number of carboxylic acids is 1. The average molecular weight is 337 g/mol. The van der Waals surface area contributed by atoms with E-state index in [1.807, 2.05) is 0 Å². The fourth-order valence-electron chi connectivity index (χ4n) is 2.27. The second kappa shape index (κ2) is 6.91. The van der Waals surface area contributed by atoms with E-state index in [-0.39, 0.29) is 11.5 Å². The van der Waals surface area contributed by atoms with E-state index >= 15 is 0 Å². The molecule has 0 unspecified atom stereocenters. The third kappa shape index (κ3) is 3.52. The number of pyridine rings is 1. The number of rotatable bonds is 5. The lowest BCUT2D eigenvalue weighted by atomic mass is 10.1. The maximum absolute atomic E-state index is 11.5. The number of aromatic carboxylic acids is 1. The Bertz CT molecular complexity index is 935. The van der Waals surface area contributed by atoms with Gasteiger partial charge in [0.15, 0.2) is 0 Å². The topological polar surface area (TPSA) is 110 Å². The number of anilines is 1. The van der Waals surface area contributed by atoms with Crippen molar-refractivity contribution in [3.8, 4) is 16.9 Å². The molecule has 126 valence electrons. The van der Waals surface area contributed by atoms with E-state index in [4.69, 9.17) is 0 Å². The van der Waals surface area contributed by atoms with Gasteiger partial charge in [-0.05, 0) is 24.3 Å². The number of aromatic nitrogens is 4. The predicted octanol–water partition coefficient (Wildman–Crippen LogP) is 2.38. The molecule has 0 radical (unpaired) electrons. The van der Waals surface area contributed by atoms with Crippen molar-refractivity contribution in [2.75, 3.05) is 5.32 Å². The Morgan fingerprint density at radius 1 is 1.28 bits per heavy atom. The number of amides is 1. The Labute approximate surface area is 143 Å². The molecule has 2 N–H and O–H groups in total. The molecule has 8 heteroatoms. The first kappa shape index (κ1) is 16.3. The quantitative estimate of drug-likeness (QED) is 0.739. The van der Waals surface area contributed by atoms with Gasteiger partial charge in [-0.3, -0.25) is 9.78 Å². The largest absolute Gasteiger partial charge is 0.478 e. The molecule has 2 aromatic heterocycles. The minimum atomic E-state index is -1.06. The van der Waals surface area contributed by atoms with Crippen molar-refractivity contribution in [1.29, 1.82) is 0 Å². The molecule has 3 aromatic rings. The summed E-state index contributed by atoms with van der Waals surface area (Å²) in [4.78, 5) is 26.8. The summed E-state index contributed by atoms with van der Waals surface area (Å²) in [5.41, 5.74) is 2.22. The van der Waals surface area contributed by atoms with Crippen LogP contribution in [0.3, 0.4) is 0 Å². The summed E-state index contributed by atoms with van der Waals surface area (Å²) in [6.07, 6.45) is 4.86. The van der Waals surface area contributed by atoms with Crippen LogP contribution in [0.4, 0.5) is 5.69 Å². The van der Waals surface area contributed by atoms with Crippen molar-refractivity contribution in [1.82, 2.24) is 20.0 Å². The van der Waals surface area contributed by atoms with Gasteiger partial charge in [0, 0.05) is 30.1 Å². The number of carboxylic acid groups (broad SMARTS) is 1. The van der Waals surface area contributed by atoms with Crippen LogP contribution in [0.25, 0.3) is 16.9 Å². The second-order valence-corrected chi connectivity index (χ2v) is 5.23. The molecule has 1 aromatic carbocycles. The number of carbonyl (C=O) groups excluding carboxylic acids is 1. The first-order valence-corrected chi connectivity index (χ1v) is 7.59. The second-order valence-electron chi connectivity index (χ2n) is 5.23. The molecule has 0 aliphatic carbocycles. The zero-order chi connectivity index (χ0) is 17.8. The van der Waals surface area contributed by atoms with E-state index < -0.39 is 5.97 Å². The number of nitrogens with one attached hydrogen (secondary N) is 1. The molecule has 1 amide bonds. The monoisotopic (exact) mass is 337 g/mol. The lowest BCUT2D eigenvalue weighted by Gasteiger charge is -2.06. The minimum absolute atomic E-state index is 0.0853. The Balaban J connectivity index is 1.94. The van der Waals surface area contributed by atoms with Gasteiger partial charge >= 0.3 is 5.97 Å². The lowest BCUT2D eigenvalue weighted by molar-refractivity contribution is -0.115. The fourth-order valence-corrected chi connectivity index (χ4v) is 2.27. The highest BCUT2D eigenvalue weighted by atomic mass is 16.4. The smallest absolute Gasteiger partial charge is 0.336 e. The zero-order valence-electron chi connectivity index (χ0n) is 13.4. The van der Waals surface area contributed by atoms with Crippen LogP contribution in [-0.2, 0) is 4.79 Å². The molecule has 3 rings (SSSR count). The van der Waals surface area contributed by atoms with Crippen molar-refractivity contribution >= 4 is 17.6 Å². The van der Waals surface area contributed by atoms with Gasteiger partial charge in [-0.1, -0.05) is 18.2 Å². The molecule has 25 heavy (non-hydrogen) atoms. The summed E-state index contributed by atoms with van der Waals surface area (Å²) in [5.74, 6) is -1.14. The Morgan fingerprint density at radius 2 is 2.12 bits per heavy atom. The SMILES string of the molecule is CCC(=O)Nc1cccc(-n2cc(-c3cnccc3C(=O)O)nn2)c1. The highest BCUT2D eigenvalue weighted by Crippen LogP contribution is 2.22. The van der Waals surface area contributed by atoms with Crippen molar-refractivity contribution < 1.29 is 14.7 Å². The summed E-state index contributed by atoms with van der Waals surface area (Å²) in [6.45, 7) is 1.77. The van der Waals surface area contributed by atoms with E-state index in [0.717, 1.165) is 0 Å². The van der Waals surface area contributed by atoms with Crippen molar-refractivity contribution in [2.45, 2.75) is 13.3 Å². The van der Waals surface area contributed by atoms with Gasteiger partial charge in [0.05, 0.1) is 17.4 Å². The number of benzene rings is 1. The van der Waals surface area contributed by atoms with Gasteiger partial charge in [0.25, 0.3) is 0 Å². The van der Waals surface area contributed by atoms with Crippen LogP contribution in [0, 0.1) is 0 Å². The van der Waals surface area contributed by atoms with Gasteiger partial charge in [0.2, 0.25) is 5.91 Å². The number of nitrogens with zero attached hydrogens (tertiary/aromatic N) is 4. The van der Waals surface area contributed by atoms with Crippen LogP contribution in [0.1, 0.15) is 23.7 Å². The Morgan fingerprint density at radius 3 is 2.88 bits per heavy atom. The van der Waals surface area contributed by atoms with Crippen LogP contribution in [0.5, 0.6) is 0 Å². The number of carbonyl (C=O) groups is 2. The normalized spacial score (nSPS) is 10.4. The van der Waals surface area contributed by atoms with Crippen LogP contribution >= 0.6 is 0 Å². The number of hydrogen-bond acceptors (Lipinski definition) is 5. The zero-order valence-corrected chi connectivity index (χ0v) is 13.4. The van der Waals surface area contributed by atoms with Gasteiger partial charge < -0.3 is 10.4 Å². The summed E-state index contributed by atoms with van der Waals surface area (Å²) >= 11 is 0. The third-order valence-corrected chi connectivity index (χ3v) is 3.54. The molecular formula is C17H15N5O3. The highest BCUT2D eigenvalue weighted by molar-refractivity contribution is 5.95. The van der Waals surface area contributed by atoms with E-state index in [0.29, 0.717) is 29.1 Å². The van der Waals surface area contributed by atoms with Gasteiger partial charge in [0.1, 0.15) is 5.69 Å². The maximum Gasteiger partial charge on any atom is 0.336 e. The van der Waals surface area contributed by atoms with Crippen molar-refractivity contribution in [2.24, 2.45) is 0 Å². The maximum atomic E-state index is 11.5. The van der Waals surface area contributed by atoms with Crippen LogP contribution in [-0.4, -0.2) is 37.0 Å². The van der Waals surface area contributed by atoms with Crippen LogP contribution in [0.2, 0.25) is 0 Å². The van der Waals surface area contributed by atoms with Gasteiger partial charge in [-0.15, -0.1) is 5.10 Å². The van der Waals surface area contributed by atoms with Crippen molar-refractivity contribution in [3.05, 3.63) is 54.5 Å². The van der Waals surface area contributed by atoms with Crippen molar-refractivity contribution in [3.63, 3.8) is 0 Å². The van der Waals surface area contributed by atoms with E-state index in [2.05, 4.69) is 20.6 Å². The summed E-state index contributed by atoms with van der Waals surface area (Å²) in [6, 6.07) is 8.54. The first-order chi connectivity index (χ1) is 12.1. The molecule has 0 fully saturated rings. The molecule has 0 spiro atoms. The predicted molar refractivity (Wildman–Crippen MR) is 90.5 cm³/mol. The molecule has 0 saturated heterocycles. The molecule has 0 atom stereocenters. The number of hydrogen-bond donors (Lipinski definition) is 2. The lowest BCUT2D eigenvalue weighted by Crippen LogP contribution is -2.09. The molecule has 0 bridgehead atoms. The minimum Gasteiger partial charge on any atom is -0.478 e. The van der Waals surface area contributed by atoms with E-state index in [9.17, 15) is 14.7 Å². The molecule has 0 aliphatic heterocycles. The molecule has 8 nitrogen and oxygen atoms in total. The Hall–Kier alpha value is -3.55. The molecule has 0 aliphatic rings. The van der Waals surface area contributed by atoms with Gasteiger partial charge in [-0.25, -0.2) is 9.48 Å². The molecule has 0 saturated carbocycles. The summed E-state index contributed by atoms with van der Waals surface area (Å²) in [7, 11) is 0. The van der Waals surface area contributed by atoms with E-state index in [1.165, 1.54) is 23.1 Å². The molecular weight excluding hydrogens is 322 g/mol. The van der Waals surface area contributed by atoms with Crippen LogP contribution in [0.15, 0.2) is 48.9 Å². The van der Waals surface area contributed by atoms with Crippen LogP contribution < -0.4 is 5.32 Å². The highest BCUT2D eigenvalue weighted by Gasteiger charge is 2.15. The standard InChI is InChI=1S/C17H15N5O3/c1-2-16(23)19-11-4-3-5-12(8-11)22-10-15(20-21-22)14-9-18-7-6-13(14)17(24)25/h3-10H,2H2,1H3,(H,19,23)(H,24,25). The average Bonchev–Trinajstić information content (AvgIpc) is 3.12. The third-order valence-electron chi connectivity index (χ3n) is 3.54. The first-order valence-electron chi connectivity index (χ1n) is 7.59. The Kier molecular flexibility index (Phi) is 4.51. The van der Waals surface area contributed by atoms with E-state index in [1.54, 1.807) is 37.4 Å². The fraction of sp³-hybridized carbons (Fsp3) is 0.118.